The van der Waals surface area contributed by atoms with Gasteiger partial charge in [0.15, 0.2) is 11.9 Å². The lowest BCUT2D eigenvalue weighted by Crippen LogP contribution is -2.18. The van der Waals surface area contributed by atoms with Crippen molar-refractivity contribution >= 4 is 17.4 Å². The molecule has 168 valence electrons. The van der Waals surface area contributed by atoms with Crippen molar-refractivity contribution in [2.24, 2.45) is 0 Å². The highest BCUT2D eigenvalue weighted by molar-refractivity contribution is 7.99. The molecule has 1 N–H and O–H groups in total. The largest absolute Gasteiger partial charge is 0.448 e. The van der Waals surface area contributed by atoms with E-state index in [1.54, 1.807) is 11.8 Å². The van der Waals surface area contributed by atoms with E-state index < -0.39 is 0 Å². The van der Waals surface area contributed by atoms with Crippen LogP contribution in [0, 0.1) is 0 Å². The molecule has 1 aliphatic heterocycles. The van der Waals surface area contributed by atoms with Crippen molar-refractivity contribution in [1.29, 1.82) is 0 Å². The van der Waals surface area contributed by atoms with Crippen molar-refractivity contribution < 1.29 is 4.74 Å². The molecule has 1 atom stereocenters. The number of nitrogens with zero attached hydrogens (tertiary/aromatic N) is 3. The van der Waals surface area contributed by atoms with E-state index in [0.29, 0.717) is 16.7 Å². The summed E-state index contributed by atoms with van der Waals surface area (Å²) in [4.78, 5) is 4.75. The second-order valence-corrected chi connectivity index (χ2v) is 10.3. The third-order valence-electron chi connectivity index (χ3n) is 5.64. The summed E-state index contributed by atoms with van der Waals surface area (Å²) >= 11 is 1.65. The predicted molar refractivity (Wildman–Crippen MR) is 132 cm³/mol. The number of hydrogen-bond acceptors (Lipinski definition) is 6. The molecule has 2 aromatic carbocycles. The van der Waals surface area contributed by atoms with E-state index in [1.165, 1.54) is 24.8 Å². The van der Waals surface area contributed by atoms with E-state index in [2.05, 4.69) is 67.5 Å². The van der Waals surface area contributed by atoms with Crippen LogP contribution in [0.3, 0.4) is 0 Å². The molecule has 1 aliphatic rings. The zero-order chi connectivity index (χ0) is 22.6. The maximum absolute atomic E-state index is 6.40. The number of thioether (sulfide) groups is 1. The average Bonchev–Trinajstić information content (AvgIpc) is 2.95. The Morgan fingerprint density at radius 2 is 1.75 bits per heavy atom. The van der Waals surface area contributed by atoms with Crippen LogP contribution in [0.1, 0.15) is 70.7 Å². The van der Waals surface area contributed by atoms with Gasteiger partial charge in [0.25, 0.3) is 0 Å². The molecule has 6 heteroatoms. The Labute approximate surface area is 195 Å². The summed E-state index contributed by atoms with van der Waals surface area (Å²) in [6.07, 6.45) is 4.55. The van der Waals surface area contributed by atoms with Crippen molar-refractivity contribution in [2.75, 3.05) is 11.1 Å². The van der Waals surface area contributed by atoms with Crippen molar-refractivity contribution in [2.45, 2.75) is 70.2 Å². The van der Waals surface area contributed by atoms with Gasteiger partial charge in [-0.15, -0.1) is 10.2 Å². The molecule has 0 saturated heterocycles. The lowest BCUT2D eigenvalue weighted by atomic mass is 9.86. The van der Waals surface area contributed by atoms with Crippen LogP contribution in [0.25, 0.3) is 11.3 Å². The Balaban J connectivity index is 1.62. The second kappa shape index (κ2) is 9.90. The smallest absolute Gasteiger partial charge is 0.247 e. The van der Waals surface area contributed by atoms with Crippen LogP contribution in [-0.2, 0) is 5.41 Å². The number of unbranched alkanes of at least 4 members (excludes halogenated alkanes) is 3. The van der Waals surface area contributed by atoms with Crippen LogP contribution < -0.4 is 10.1 Å². The number of fused-ring (bicyclic) bond motifs is 3. The average molecular weight is 449 g/mol. The minimum Gasteiger partial charge on any atom is -0.448 e. The minimum absolute atomic E-state index is 0.107. The summed E-state index contributed by atoms with van der Waals surface area (Å²) in [6.45, 7) is 8.89. The fourth-order valence-corrected chi connectivity index (χ4v) is 4.49. The van der Waals surface area contributed by atoms with E-state index in [-0.39, 0.29) is 11.6 Å². The Kier molecular flexibility index (Phi) is 6.99. The highest BCUT2D eigenvalue weighted by atomic mass is 32.2. The van der Waals surface area contributed by atoms with Crippen LogP contribution in [0.5, 0.6) is 5.88 Å². The summed E-state index contributed by atoms with van der Waals surface area (Å²) < 4.78 is 6.40. The maximum Gasteiger partial charge on any atom is 0.247 e. The van der Waals surface area contributed by atoms with Gasteiger partial charge in [-0.25, -0.2) is 0 Å². The molecule has 4 rings (SSSR count). The van der Waals surface area contributed by atoms with Crippen LogP contribution in [0.15, 0.2) is 53.7 Å². The molecule has 2 heterocycles. The van der Waals surface area contributed by atoms with Gasteiger partial charge < -0.3 is 10.1 Å². The summed E-state index contributed by atoms with van der Waals surface area (Å²) in [7, 11) is 0. The zero-order valence-corrected chi connectivity index (χ0v) is 20.2. The number of benzene rings is 2. The van der Waals surface area contributed by atoms with Crippen LogP contribution in [0.4, 0.5) is 5.69 Å². The zero-order valence-electron chi connectivity index (χ0n) is 19.4. The second-order valence-electron chi connectivity index (χ2n) is 9.22. The van der Waals surface area contributed by atoms with Gasteiger partial charge in [0.2, 0.25) is 11.0 Å². The van der Waals surface area contributed by atoms with Gasteiger partial charge >= 0.3 is 0 Å². The molecule has 3 aromatic rings. The van der Waals surface area contributed by atoms with Gasteiger partial charge in [0, 0.05) is 22.6 Å². The van der Waals surface area contributed by atoms with E-state index in [1.807, 2.05) is 24.3 Å². The maximum atomic E-state index is 6.40. The summed E-state index contributed by atoms with van der Waals surface area (Å²) in [5.41, 5.74) is 5.05. The number of ether oxygens (including phenoxy) is 1. The molecular formula is C26H32N4OS. The number of hydrogen-bond donors (Lipinski definition) is 1. The van der Waals surface area contributed by atoms with Crippen molar-refractivity contribution in [3.8, 4) is 17.1 Å². The van der Waals surface area contributed by atoms with Gasteiger partial charge in [-0.05, 0) is 23.5 Å². The third-order valence-corrected chi connectivity index (χ3v) is 6.57. The first-order valence-electron chi connectivity index (χ1n) is 11.5. The van der Waals surface area contributed by atoms with E-state index in [0.717, 1.165) is 29.0 Å². The number of nitrogens with one attached hydrogen (secondary N) is 1. The van der Waals surface area contributed by atoms with Gasteiger partial charge in [0.05, 0.1) is 0 Å². The predicted octanol–water partition coefficient (Wildman–Crippen LogP) is 7.01. The highest BCUT2D eigenvalue weighted by Crippen LogP contribution is 2.39. The molecule has 32 heavy (non-hydrogen) atoms. The first kappa shape index (κ1) is 22.6. The van der Waals surface area contributed by atoms with Crippen molar-refractivity contribution in [3.05, 3.63) is 59.7 Å². The van der Waals surface area contributed by atoms with Crippen LogP contribution >= 0.6 is 11.8 Å². The molecule has 0 bridgehead atoms. The van der Waals surface area contributed by atoms with Gasteiger partial charge in [-0.1, -0.05) is 101 Å². The SMILES string of the molecule is CCCCCCSc1nnc2c(n1)O[C@@H](c1ccc(C(C)(C)C)cc1)Nc1ccccc1-2. The number of aromatic nitrogens is 3. The van der Waals surface area contributed by atoms with E-state index >= 15 is 0 Å². The number of anilines is 1. The molecule has 0 unspecified atom stereocenters. The Morgan fingerprint density at radius 3 is 2.50 bits per heavy atom. The molecular weight excluding hydrogens is 416 g/mol. The van der Waals surface area contributed by atoms with E-state index in [4.69, 9.17) is 9.72 Å². The fraction of sp³-hybridized carbons (Fsp3) is 0.423. The molecule has 0 amide bonds. The van der Waals surface area contributed by atoms with E-state index in [9.17, 15) is 0 Å². The molecule has 5 nitrogen and oxygen atoms in total. The van der Waals surface area contributed by atoms with Crippen LogP contribution in [-0.4, -0.2) is 20.9 Å². The Hall–Kier alpha value is -2.60. The lowest BCUT2D eigenvalue weighted by molar-refractivity contribution is 0.225. The van der Waals surface area contributed by atoms with Crippen LogP contribution in [0.2, 0.25) is 0 Å². The first-order valence-corrected chi connectivity index (χ1v) is 12.4. The minimum atomic E-state index is -0.356. The lowest BCUT2D eigenvalue weighted by Gasteiger charge is -2.22. The summed E-state index contributed by atoms with van der Waals surface area (Å²) in [5, 5.41) is 13.1. The molecule has 0 saturated carbocycles. The van der Waals surface area contributed by atoms with Gasteiger partial charge in [0.1, 0.15) is 0 Å². The molecule has 1 aromatic heterocycles. The first-order chi connectivity index (χ1) is 15.5. The van der Waals surface area contributed by atoms with Crippen molar-refractivity contribution in [3.63, 3.8) is 0 Å². The monoisotopic (exact) mass is 448 g/mol. The number of rotatable bonds is 7. The molecule has 0 radical (unpaired) electrons. The standard InChI is InChI=1S/C26H32N4OS/c1-5-6-7-10-17-32-25-28-24-22(29-30-25)20-11-8-9-12-21(20)27-23(31-24)18-13-15-19(16-14-18)26(2,3)4/h8-9,11-16,23,27H,5-7,10,17H2,1-4H3/t23-/m0/s1. The quantitative estimate of drug-likeness (QED) is 0.310. The third kappa shape index (κ3) is 5.23. The Bertz CT molecular complexity index is 1050. The number of para-hydroxylation sites is 1. The molecule has 0 aliphatic carbocycles. The fourth-order valence-electron chi connectivity index (χ4n) is 3.71. The van der Waals surface area contributed by atoms with Crippen molar-refractivity contribution in [1.82, 2.24) is 15.2 Å². The van der Waals surface area contributed by atoms with Gasteiger partial charge in [-0.2, -0.15) is 4.98 Å². The topological polar surface area (TPSA) is 59.9 Å². The molecule has 0 spiro atoms. The summed E-state index contributed by atoms with van der Waals surface area (Å²) in [5.74, 6) is 1.52. The van der Waals surface area contributed by atoms with Gasteiger partial charge in [-0.3, -0.25) is 0 Å². The molecule has 0 fully saturated rings. The Morgan fingerprint density at radius 1 is 0.969 bits per heavy atom. The highest BCUT2D eigenvalue weighted by Gasteiger charge is 2.26. The summed E-state index contributed by atoms with van der Waals surface area (Å²) in [6, 6.07) is 16.7. The normalized spacial score (nSPS) is 15.2.